The van der Waals surface area contributed by atoms with Crippen LogP contribution in [0.25, 0.3) is 0 Å². The lowest BCUT2D eigenvalue weighted by Crippen LogP contribution is -2.16. The SMILES string of the molecule is NC1=C(OS(=O)(=O)c2ccccc2)C(=O)C(c2ccc(Cl)cc2F)O1. The van der Waals surface area contributed by atoms with E-state index in [2.05, 4.69) is 0 Å². The summed E-state index contributed by atoms with van der Waals surface area (Å²) in [5, 5.41) is 0.135. The van der Waals surface area contributed by atoms with Gasteiger partial charge < -0.3 is 14.7 Å². The summed E-state index contributed by atoms with van der Waals surface area (Å²) >= 11 is 5.67. The smallest absolute Gasteiger partial charge is 0.339 e. The monoisotopic (exact) mass is 383 g/mol. The van der Waals surface area contributed by atoms with Gasteiger partial charge in [-0.1, -0.05) is 35.9 Å². The zero-order chi connectivity index (χ0) is 18.2. The number of carbonyl (C=O) groups excluding carboxylic acids is 1. The van der Waals surface area contributed by atoms with Crippen LogP contribution in [0.5, 0.6) is 0 Å². The van der Waals surface area contributed by atoms with Gasteiger partial charge in [0.05, 0.1) is 0 Å². The Morgan fingerprint density at radius 2 is 1.84 bits per heavy atom. The highest BCUT2D eigenvalue weighted by Gasteiger charge is 2.41. The van der Waals surface area contributed by atoms with Crippen LogP contribution < -0.4 is 5.73 Å². The van der Waals surface area contributed by atoms with Gasteiger partial charge in [-0.15, -0.1) is 0 Å². The molecule has 3 rings (SSSR count). The molecule has 1 aliphatic rings. The number of benzene rings is 2. The predicted octanol–water partition coefficient (Wildman–Crippen LogP) is 2.65. The molecule has 2 aromatic rings. The van der Waals surface area contributed by atoms with Crippen molar-refractivity contribution in [2.45, 2.75) is 11.0 Å². The van der Waals surface area contributed by atoms with Crippen molar-refractivity contribution in [3.8, 4) is 0 Å². The van der Waals surface area contributed by atoms with Crippen LogP contribution in [0.4, 0.5) is 4.39 Å². The molecule has 0 saturated heterocycles. The lowest BCUT2D eigenvalue weighted by Gasteiger charge is -2.11. The highest BCUT2D eigenvalue weighted by Crippen LogP contribution is 2.35. The van der Waals surface area contributed by atoms with Crippen molar-refractivity contribution in [1.82, 2.24) is 0 Å². The molecule has 6 nitrogen and oxygen atoms in total. The van der Waals surface area contributed by atoms with E-state index in [0.717, 1.165) is 6.07 Å². The molecule has 0 aliphatic carbocycles. The van der Waals surface area contributed by atoms with Crippen molar-refractivity contribution < 1.29 is 26.5 Å². The van der Waals surface area contributed by atoms with Gasteiger partial charge in [-0.05, 0) is 24.3 Å². The Balaban J connectivity index is 1.89. The fraction of sp³-hybridized carbons (Fsp3) is 0.0625. The van der Waals surface area contributed by atoms with Crippen LogP contribution in [0.3, 0.4) is 0 Å². The van der Waals surface area contributed by atoms with E-state index >= 15 is 0 Å². The van der Waals surface area contributed by atoms with Crippen LogP contribution in [-0.2, 0) is 23.8 Å². The zero-order valence-corrected chi connectivity index (χ0v) is 14.1. The normalized spacial score (nSPS) is 17.5. The highest BCUT2D eigenvalue weighted by atomic mass is 35.5. The minimum Gasteiger partial charge on any atom is -0.460 e. The first-order valence-corrected chi connectivity index (χ1v) is 8.73. The lowest BCUT2D eigenvalue weighted by molar-refractivity contribution is -0.123. The molecule has 0 radical (unpaired) electrons. The molecule has 1 aliphatic heterocycles. The number of halogens is 2. The molecule has 0 saturated carbocycles. The Bertz CT molecular complexity index is 975. The molecule has 1 atom stereocenters. The second-order valence-corrected chi connectivity index (χ2v) is 7.05. The third-order valence-electron chi connectivity index (χ3n) is 3.40. The Kier molecular flexibility index (Phi) is 4.40. The Labute approximate surface area is 147 Å². The molecule has 130 valence electrons. The van der Waals surface area contributed by atoms with Crippen LogP contribution in [0, 0.1) is 5.82 Å². The van der Waals surface area contributed by atoms with E-state index in [1.807, 2.05) is 0 Å². The average Bonchev–Trinajstić information content (AvgIpc) is 2.83. The quantitative estimate of drug-likeness (QED) is 0.815. The first-order chi connectivity index (χ1) is 11.8. The van der Waals surface area contributed by atoms with Crippen molar-refractivity contribution >= 4 is 27.5 Å². The maximum Gasteiger partial charge on any atom is 0.339 e. The van der Waals surface area contributed by atoms with Gasteiger partial charge in [0.1, 0.15) is 10.7 Å². The molecule has 1 unspecified atom stereocenters. The van der Waals surface area contributed by atoms with Gasteiger partial charge in [-0.2, -0.15) is 8.42 Å². The summed E-state index contributed by atoms with van der Waals surface area (Å²) in [6.07, 6.45) is -1.45. The van der Waals surface area contributed by atoms with E-state index in [9.17, 15) is 17.6 Å². The average molecular weight is 384 g/mol. The molecule has 0 aromatic heterocycles. The minimum atomic E-state index is -4.29. The van der Waals surface area contributed by atoms with Gasteiger partial charge in [0.15, 0.2) is 6.10 Å². The summed E-state index contributed by atoms with van der Waals surface area (Å²) in [5.74, 6) is -2.92. The van der Waals surface area contributed by atoms with Crippen molar-refractivity contribution in [3.05, 3.63) is 76.6 Å². The molecule has 1 heterocycles. The maximum atomic E-state index is 14.0. The molecule has 2 aromatic carbocycles. The first-order valence-electron chi connectivity index (χ1n) is 6.94. The summed E-state index contributed by atoms with van der Waals surface area (Å²) in [6.45, 7) is 0. The Morgan fingerprint density at radius 1 is 1.16 bits per heavy atom. The Hall–Kier alpha value is -2.58. The van der Waals surface area contributed by atoms with Crippen molar-refractivity contribution in [3.63, 3.8) is 0 Å². The standard InChI is InChI=1S/C16H11ClFNO5S/c17-9-6-7-11(12(18)8-9)14-13(20)15(16(19)23-14)24-25(21,22)10-4-2-1-3-5-10/h1-8,14H,19H2. The van der Waals surface area contributed by atoms with Gasteiger partial charge in [0.2, 0.25) is 17.4 Å². The van der Waals surface area contributed by atoms with E-state index in [1.165, 1.54) is 36.4 Å². The molecule has 9 heteroatoms. The molecule has 0 spiro atoms. The van der Waals surface area contributed by atoms with E-state index in [-0.39, 0.29) is 15.5 Å². The van der Waals surface area contributed by atoms with Crippen molar-refractivity contribution in [1.29, 1.82) is 0 Å². The molecule has 2 N–H and O–H groups in total. The number of ether oxygens (including phenoxy) is 1. The maximum absolute atomic E-state index is 14.0. The second kappa shape index (κ2) is 6.38. The fourth-order valence-electron chi connectivity index (χ4n) is 2.22. The van der Waals surface area contributed by atoms with Gasteiger partial charge in [0.25, 0.3) is 0 Å². The van der Waals surface area contributed by atoms with E-state index in [0.29, 0.717) is 0 Å². The lowest BCUT2D eigenvalue weighted by atomic mass is 10.1. The van der Waals surface area contributed by atoms with Crippen molar-refractivity contribution in [2.75, 3.05) is 0 Å². The van der Waals surface area contributed by atoms with Crippen LogP contribution in [-0.4, -0.2) is 14.2 Å². The van der Waals surface area contributed by atoms with Crippen LogP contribution in [0.2, 0.25) is 5.02 Å². The number of ketones is 1. The number of carbonyl (C=O) groups is 1. The third kappa shape index (κ3) is 3.31. The number of rotatable bonds is 4. The molecular weight excluding hydrogens is 373 g/mol. The molecule has 0 amide bonds. The second-order valence-electron chi connectivity index (χ2n) is 5.07. The predicted molar refractivity (Wildman–Crippen MR) is 86.2 cm³/mol. The van der Waals surface area contributed by atoms with E-state index in [4.69, 9.17) is 26.3 Å². The fourth-order valence-corrected chi connectivity index (χ4v) is 3.35. The largest absolute Gasteiger partial charge is 0.460 e. The molecule has 0 fully saturated rings. The van der Waals surface area contributed by atoms with Gasteiger partial charge >= 0.3 is 10.1 Å². The summed E-state index contributed by atoms with van der Waals surface area (Å²) in [6, 6.07) is 10.8. The van der Waals surface area contributed by atoms with Crippen LogP contribution in [0.15, 0.2) is 65.1 Å². The highest BCUT2D eigenvalue weighted by molar-refractivity contribution is 7.86. The summed E-state index contributed by atoms with van der Waals surface area (Å²) in [7, 11) is -4.29. The zero-order valence-electron chi connectivity index (χ0n) is 12.5. The van der Waals surface area contributed by atoms with E-state index < -0.39 is 39.5 Å². The summed E-state index contributed by atoms with van der Waals surface area (Å²) in [5.41, 5.74) is 5.43. The number of Topliss-reactive ketones (excluding diaryl/α,β-unsaturated/α-hetero) is 1. The third-order valence-corrected chi connectivity index (χ3v) is 4.87. The number of hydrogen-bond donors (Lipinski definition) is 1. The summed E-state index contributed by atoms with van der Waals surface area (Å²) < 4.78 is 48.4. The van der Waals surface area contributed by atoms with Crippen LogP contribution in [0.1, 0.15) is 11.7 Å². The first kappa shape index (κ1) is 17.2. The number of hydrogen-bond acceptors (Lipinski definition) is 6. The minimum absolute atomic E-state index is 0.131. The van der Waals surface area contributed by atoms with Gasteiger partial charge in [0, 0.05) is 10.6 Å². The summed E-state index contributed by atoms with van der Waals surface area (Å²) in [4.78, 5) is 12.2. The van der Waals surface area contributed by atoms with Gasteiger partial charge in [-0.3, -0.25) is 4.79 Å². The molecular formula is C16H11ClFNO5S. The Morgan fingerprint density at radius 3 is 2.48 bits per heavy atom. The number of nitrogens with two attached hydrogens (primary N) is 1. The molecule has 25 heavy (non-hydrogen) atoms. The van der Waals surface area contributed by atoms with Crippen LogP contribution >= 0.6 is 11.6 Å². The van der Waals surface area contributed by atoms with Crippen molar-refractivity contribution in [2.24, 2.45) is 5.73 Å². The van der Waals surface area contributed by atoms with Gasteiger partial charge in [-0.25, -0.2) is 4.39 Å². The van der Waals surface area contributed by atoms with E-state index in [1.54, 1.807) is 6.07 Å². The topological polar surface area (TPSA) is 95.7 Å². The molecule has 0 bridgehead atoms.